The van der Waals surface area contributed by atoms with Gasteiger partial charge in [-0.2, -0.15) is 4.98 Å². The summed E-state index contributed by atoms with van der Waals surface area (Å²) < 4.78 is 11.6. The average molecular weight is 323 g/mol. The molecule has 3 heterocycles. The minimum Gasteiger partial charge on any atom is -0.488 e. The fourth-order valence-electron chi connectivity index (χ4n) is 2.97. The minimum absolute atomic E-state index is 0.0349. The highest BCUT2D eigenvalue weighted by molar-refractivity contribution is 5.47. The Morgan fingerprint density at radius 1 is 1.12 bits per heavy atom. The van der Waals surface area contributed by atoms with Crippen molar-refractivity contribution in [3.05, 3.63) is 48.0 Å². The summed E-state index contributed by atoms with van der Waals surface area (Å²) in [7, 11) is 0. The quantitative estimate of drug-likeness (QED) is 0.774. The largest absolute Gasteiger partial charge is 0.488 e. The molecule has 0 aliphatic carbocycles. The van der Waals surface area contributed by atoms with Gasteiger partial charge in [0.2, 0.25) is 17.5 Å². The third kappa shape index (κ3) is 2.58. The number of para-hydroxylation sites is 1. The molecular weight excluding hydrogens is 306 g/mol. The molecule has 0 radical (unpaired) electrons. The molecule has 1 atom stereocenters. The molecular formula is C17H17N5O2. The number of hydrogen-bond donors (Lipinski definition) is 1. The molecule has 1 aromatic carbocycles. The number of nitrogen functional groups attached to an aromatic ring is 1. The number of benzene rings is 1. The Morgan fingerprint density at radius 3 is 2.79 bits per heavy atom. The monoisotopic (exact) mass is 323 g/mol. The van der Waals surface area contributed by atoms with Crippen LogP contribution in [0, 0.1) is 0 Å². The molecule has 0 saturated heterocycles. The van der Waals surface area contributed by atoms with Crippen molar-refractivity contribution in [2.75, 3.05) is 5.73 Å². The van der Waals surface area contributed by atoms with Crippen molar-refractivity contribution in [3.63, 3.8) is 0 Å². The fourth-order valence-corrected chi connectivity index (χ4v) is 2.97. The zero-order valence-corrected chi connectivity index (χ0v) is 13.4. The predicted octanol–water partition coefficient (Wildman–Crippen LogP) is 2.80. The first-order valence-electron chi connectivity index (χ1n) is 7.72. The Balaban J connectivity index is 1.74. The molecule has 2 aromatic heterocycles. The first kappa shape index (κ1) is 14.6. The standard InChI is InChI=1S/C17H17N5O2/c1-17(2)9-11(10-5-3-4-6-12(10)23-17)16-21-15(22-24-16)14-19-8-7-13(18)20-14/h3-8,11H,9H2,1-2H3,(H2,18,19,20). The van der Waals surface area contributed by atoms with E-state index in [-0.39, 0.29) is 11.5 Å². The van der Waals surface area contributed by atoms with Crippen LogP contribution in [0.4, 0.5) is 5.82 Å². The van der Waals surface area contributed by atoms with E-state index in [0.717, 1.165) is 17.7 Å². The number of rotatable bonds is 2. The molecule has 0 fully saturated rings. The highest BCUT2D eigenvalue weighted by Gasteiger charge is 2.37. The SMILES string of the molecule is CC1(C)CC(c2nc(-c3nccc(N)n3)no2)c2ccccc2O1. The van der Waals surface area contributed by atoms with Crippen LogP contribution in [0.15, 0.2) is 41.1 Å². The van der Waals surface area contributed by atoms with Crippen molar-refractivity contribution in [2.24, 2.45) is 0 Å². The van der Waals surface area contributed by atoms with E-state index >= 15 is 0 Å². The van der Waals surface area contributed by atoms with E-state index in [9.17, 15) is 0 Å². The third-order valence-electron chi connectivity index (χ3n) is 3.99. The average Bonchev–Trinajstić information content (AvgIpc) is 3.03. The Kier molecular flexibility index (Phi) is 3.23. The molecule has 4 rings (SSSR count). The molecule has 122 valence electrons. The molecule has 7 heteroatoms. The van der Waals surface area contributed by atoms with E-state index in [1.54, 1.807) is 12.3 Å². The van der Waals surface area contributed by atoms with E-state index in [1.807, 2.05) is 38.1 Å². The second kappa shape index (κ2) is 5.30. The zero-order valence-electron chi connectivity index (χ0n) is 13.4. The van der Waals surface area contributed by atoms with Crippen LogP contribution in [-0.2, 0) is 0 Å². The highest BCUT2D eigenvalue weighted by Crippen LogP contribution is 2.43. The van der Waals surface area contributed by atoms with Crippen molar-refractivity contribution < 1.29 is 9.26 Å². The summed E-state index contributed by atoms with van der Waals surface area (Å²) in [5.74, 6) is 2.39. The maximum Gasteiger partial charge on any atom is 0.240 e. The molecule has 0 amide bonds. The summed E-state index contributed by atoms with van der Waals surface area (Å²) in [6, 6.07) is 9.53. The zero-order chi connectivity index (χ0) is 16.7. The van der Waals surface area contributed by atoms with Crippen LogP contribution >= 0.6 is 0 Å². The van der Waals surface area contributed by atoms with E-state index in [4.69, 9.17) is 15.0 Å². The van der Waals surface area contributed by atoms with Gasteiger partial charge in [-0.15, -0.1) is 0 Å². The van der Waals surface area contributed by atoms with Crippen LogP contribution in [-0.4, -0.2) is 25.7 Å². The Bertz CT molecular complexity index is 890. The number of nitrogens with zero attached hydrogens (tertiary/aromatic N) is 4. The number of nitrogens with two attached hydrogens (primary N) is 1. The van der Waals surface area contributed by atoms with Gasteiger partial charge >= 0.3 is 0 Å². The number of anilines is 1. The highest BCUT2D eigenvalue weighted by atomic mass is 16.5. The maximum absolute atomic E-state index is 6.05. The molecule has 0 saturated carbocycles. The number of ether oxygens (including phenoxy) is 1. The first-order chi connectivity index (χ1) is 11.5. The van der Waals surface area contributed by atoms with Crippen molar-refractivity contribution in [1.29, 1.82) is 0 Å². The maximum atomic E-state index is 6.05. The Hall–Kier alpha value is -2.96. The summed E-state index contributed by atoms with van der Waals surface area (Å²) in [4.78, 5) is 12.8. The lowest BCUT2D eigenvalue weighted by Gasteiger charge is -2.36. The number of aromatic nitrogens is 4. The van der Waals surface area contributed by atoms with Crippen LogP contribution in [0.25, 0.3) is 11.6 Å². The lowest BCUT2D eigenvalue weighted by Crippen LogP contribution is -2.35. The lowest BCUT2D eigenvalue weighted by atomic mass is 9.84. The molecule has 1 aliphatic heterocycles. The molecule has 0 spiro atoms. The van der Waals surface area contributed by atoms with Crippen molar-refractivity contribution in [1.82, 2.24) is 20.1 Å². The Morgan fingerprint density at radius 2 is 1.96 bits per heavy atom. The molecule has 0 bridgehead atoms. The van der Waals surface area contributed by atoms with Gasteiger partial charge in [-0.1, -0.05) is 23.4 Å². The van der Waals surface area contributed by atoms with Gasteiger partial charge in [0.1, 0.15) is 17.2 Å². The van der Waals surface area contributed by atoms with E-state index in [2.05, 4.69) is 20.1 Å². The summed E-state index contributed by atoms with van der Waals surface area (Å²) >= 11 is 0. The van der Waals surface area contributed by atoms with Crippen molar-refractivity contribution in [3.8, 4) is 17.4 Å². The molecule has 1 aliphatic rings. The summed E-state index contributed by atoms with van der Waals surface area (Å²) in [5, 5.41) is 4.02. The van der Waals surface area contributed by atoms with Crippen LogP contribution in [0.1, 0.15) is 37.6 Å². The first-order valence-corrected chi connectivity index (χ1v) is 7.72. The van der Waals surface area contributed by atoms with Gasteiger partial charge in [-0.05, 0) is 26.0 Å². The van der Waals surface area contributed by atoms with Gasteiger partial charge in [-0.25, -0.2) is 9.97 Å². The van der Waals surface area contributed by atoms with Gasteiger partial charge in [0.05, 0.1) is 5.92 Å². The van der Waals surface area contributed by atoms with Crippen molar-refractivity contribution in [2.45, 2.75) is 31.8 Å². The van der Waals surface area contributed by atoms with Crippen LogP contribution in [0.3, 0.4) is 0 Å². The second-order valence-electron chi connectivity index (χ2n) is 6.42. The lowest BCUT2D eigenvalue weighted by molar-refractivity contribution is 0.0725. The van der Waals surface area contributed by atoms with E-state index in [0.29, 0.717) is 23.4 Å². The molecule has 3 aromatic rings. The number of hydrogen-bond acceptors (Lipinski definition) is 7. The van der Waals surface area contributed by atoms with Crippen LogP contribution < -0.4 is 10.5 Å². The van der Waals surface area contributed by atoms with Gasteiger partial charge in [0, 0.05) is 18.2 Å². The molecule has 24 heavy (non-hydrogen) atoms. The molecule has 1 unspecified atom stereocenters. The van der Waals surface area contributed by atoms with Gasteiger partial charge in [0.15, 0.2) is 0 Å². The van der Waals surface area contributed by atoms with Gasteiger partial charge in [0.25, 0.3) is 0 Å². The minimum atomic E-state index is -0.318. The normalized spacial score (nSPS) is 18.7. The van der Waals surface area contributed by atoms with E-state index in [1.165, 1.54) is 0 Å². The smallest absolute Gasteiger partial charge is 0.240 e. The van der Waals surface area contributed by atoms with Crippen LogP contribution in [0.5, 0.6) is 5.75 Å². The summed E-state index contributed by atoms with van der Waals surface area (Å²) in [6.07, 6.45) is 2.31. The van der Waals surface area contributed by atoms with Crippen LogP contribution in [0.2, 0.25) is 0 Å². The summed E-state index contributed by atoms with van der Waals surface area (Å²) in [6.45, 7) is 4.10. The van der Waals surface area contributed by atoms with Gasteiger partial charge in [-0.3, -0.25) is 0 Å². The van der Waals surface area contributed by atoms with E-state index < -0.39 is 0 Å². The van der Waals surface area contributed by atoms with Gasteiger partial charge < -0.3 is 15.0 Å². The Labute approximate surface area is 138 Å². The van der Waals surface area contributed by atoms with Crippen molar-refractivity contribution >= 4 is 5.82 Å². The second-order valence-corrected chi connectivity index (χ2v) is 6.42. The third-order valence-corrected chi connectivity index (χ3v) is 3.99. The molecule has 7 nitrogen and oxygen atoms in total. The predicted molar refractivity (Wildman–Crippen MR) is 87.3 cm³/mol. The fraction of sp³-hybridized carbons (Fsp3) is 0.294. The summed E-state index contributed by atoms with van der Waals surface area (Å²) in [5.41, 5.74) is 6.41. The number of fused-ring (bicyclic) bond motifs is 1. The molecule has 2 N–H and O–H groups in total. The topological polar surface area (TPSA) is 100.0 Å².